The molecular weight excluding hydrogens is 345 g/mol. The fourth-order valence-corrected chi connectivity index (χ4v) is 2.73. The van der Waals surface area contributed by atoms with Crippen molar-refractivity contribution in [2.45, 2.75) is 13.8 Å². The van der Waals surface area contributed by atoms with E-state index >= 15 is 0 Å². The lowest BCUT2D eigenvalue weighted by Gasteiger charge is -2.11. The summed E-state index contributed by atoms with van der Waals surface area (Å²) in [4.78, 5) is 4.40. The van der Waals surface area contributed by atoms with Crippen LogP contribution in [0.15, 0.2) is 42.6 Å². The predicted molar refractivity (Wildman–Crippen MR) is 98.8 cm³/mol. The van der Waals surface area contributed by atoms with E-state index in [0.717, 1.165) is 11.3 Å². The van der Waals surface area contributed by atoms with E-state index in [2.05, 4.69) is 31.9 Å². The van der Waals surface area contributed by atoms with Crippen LogP contribution in [0.2, 0.25) is 10.0 Å². The molecule has 0 aliphatic carbocycles. The Morgan fingerprint density at radius 1 is 0.958 bits per heavy atom. The standard InChI is InChI=1S/C17H15Cl2N5/c1-10-6-7-14(11(2)8-10)21-17-23-15(9-20-24-17)22-16-12(18)4-3-5-13(16)19/h3-9H,1-2H3,(H2,21,22,23,24). The van der Waals surface area contributed by atoms with Gasteiger partial charge in [-0.3, -0.25) is 0 Å². The van der Waals surface area contributed by atoms with Crippen molar-refractivity contribution in [3.05, 3.63) is 63.8 Å². The smallest absolute Gasteiger partial charge is 0.249 e. The molecule has 0 unspecified atom stereocenters. The fraction of sp³-hybridized carbons (Fsp3) is 0.118. The maximum atomic E-state index is 6.16. The first-order valence-corrected chi connectivity index (χ1v) is 8.03. The molecule has 0 bridgehead atoms. The molecule has 7 heteroatoms. The Kier molecular flexibility index (Phi) is 4.83. The zero-order valence-electron chi connectivity index (χ0n) is 13.1. The summed E-state index contributed by atoms with van der Waals surface area (Å²) in [6.45, 7) is 4.07. The second-order valence-corrected chi connectivity index (χ2v) is 6.14. The molecule has 0 aliphatic rings. The van der Waals surface area contributed by atoms with Crippen molar-refractivity contribution in [2.24, 2.45) is 0 Å². The Hall–Kier alpha value is -2.37. The van der Waals surface area contributed by atoms with Crippen LogP contribution in [0.25, 0.3) is 0 Å². The number of aryl methyl sites for hydroxylation is 2. The molecule has 2 aromatic carbocycles. The lowest BCUT2D eigenvalue weighted by atomic mass is 10.1. The molecular formula is C17H15Cl2N5. The number of nitrogens with one attached hydrogen (secondary N) is 2. The number of halogens is 2. The van der Waals surface area contributed by atoms with Crippen molar-refractivity contribution < 1.29 is 0 Å². The summed E-state index contributed by atoms with van der Waals surface area (Å²) in [6.07, 6.45) is 1.51. The maximum Gasteiger partial charge on any atom is 0.249 e. The number of anilines is 4. The van der Waals surface area contributed by atoms with Crippen LogP contribution in [0.1, 0.15) is 11.1 Å². The van der Waals surface area contributed by atoms with Gasteiger partial charge in [0.05, 0.1) is 21.9 Å². The topological polar surface area (TPSA) is 62.7 Å². The van der Waals surface area contributed by atoms with Gasteiger partial charge in [-0.05, 0) is 37.6 Å². The SMILES string of the molecule is Cc1ccc(Nc2nncc(Nc3c(Cl)cccc3Cl)n2)c(C)c1. The first-order chi connectivity index (χ1) is 11.5. The summed E-state index contributed by atoms with van der Waals surface area (Å²) in [5.41, 5.74) is 3.81. The Morgan fingerprint density at radius 3 is 2.42 bits per heavy atom. The fourth-order valence-electron chi connectivity index (χ4n) is 2.24. The minimum absolute atomic E-state index is 0.384. The third kappa shape index (κ3) is 3.75. The highest BCUT2D eigenvalue weighted by atomic mass is 35.5. The van der Waals surface area contributed by atoms with E-state index in [-0.39, 0.29) is 0 Å². The summed E-state index contributed by atoms with van der Waals surface area (Å²) in [5.74, 6) is 0.877. The molecule has 0 atom stereocenters. The summed E-state index contributed by atoms with van der Waals surface area (Å²) < 4.78 is 0. The number of para-hydroxylation sites is 1. The van der Waals surface area contributed by atoms with Gasteiger partial charge in [0.15, 0.2) is 5.82 Å². The molecule has 24 heavy (non-hydrogen) atoms. The van der Waals surface area contributed by atoms with Crippen LogP contribution >= 0.6 is 23.2 Å². The van der Waals surface area contributed by atoms with Gasteiger partial charge in [0, 0.05) is 5.69 Å². The van der Waals surface area contributed by atoms with Crippen molar-refractivity contribution in [3.8, 4) is 0 Å². The monoisotopic (exact) mass is 359 g/mol. The largest absolute Gasteiger partial charge is 0.336 e. The molecule has 2 N–H and O–H groups in total. The average Bonchev–Trinajstić information content (AvgIpc) is 2.54. The molecule has 5 nitrogen and oxygen atoms in total. The van der Waals surface area contributed by atoms with Crippen molar-refractivity contribution in [1.82, 2.24) is 15.2 Å². The van der Waals surface area contributed by atoms with Crippen molar-refractivity contribution >= 4 is 46.3 Å². The molecule has 1 heterocycles. The number of aromatic nitrogens is 3. The van der Waals surface area contributed by atoms with Gasteiger partial charge in [0.25, 0.3) is 0 Å². The maximum absolute atomic E-state index is 6.16. The number of hydrogen-bond acceptors (Lipinski definition) is 5. The second kappa shape index (κ2) is 7.03. The van der Waals surface area contributed by atoms with Crippen molar-refractivity contribution in [2.75, 3.05) is 10.6 Å². The zero-order valence-corrected chi connectivity index (χ0v) is 14.7. The summed E-state index contributed by atoms with van der Waals surface area (Å²) in [6, 6.07) is 11.4. The van der Waals surface area contributed by atoms with Crippen LogP contribution in [0.5, 0.6) is 0 Å². The summed E-state index contributed by atoms with van der Waals surface area (Å²) in [5, 5.41) is 15.2. The van der Waals surface area contributed by atoms with Crippen LogP contribution < -0.4 is 10.6 Å². The van der Waals surface area contributed by atoms with Gasteiger partial charge in [-0.1, -0.05) is 47.0 Å². The molecule has 122 valence electrons. The van der Waals surface area contributed by atoms with Gasteiger partial charge in [-0.15, -0.1) is 5.10 Å². The molecule has 0 spiro atoms. The van der Waals surface area contributed by atoms with E-state index in [1.165, 1.54) is 11.8 Å². The molecule has 3 rings (SSSR count). The Bertz CT molecular complexity index is 862. The quantitative estimate of drug-likeness (QED) is 0.663. The van der Waals surface area contributed by atoms with Gasteiger partial charge >= 0.3 is 0 Å². The molecule has 0 saturated heterocycles. The van der Waals surface area contributed by atoms with Crippen LogP contribution in [0.4, 0.5) is 23.1 Å². The lowest BCUT2D eigenvalue weighted by molar-refractivity contribution is 0.981. The van der Waals surface area contributed by atoms with E-state index in [1.807, 2.05) is 26.0 Å². The van der Waals surface area contributed by atoms with Crippen LogP contribution in [0, 0.1) is 13.8 Å². The van der Waals surface area contributed by atoms with Gasteiger partial charge in [-0.25, -0.2) is 0 Å². The lowest BCUT2D eigenvalue weighted by Crippen LogP contribution is -2.03. The Labute approximate surface area is 150 Å². The number of nitrogens with zero attached hydrogens (tertiary/aromatic N) is 3. The van der Waals surface area contributed by atoms with E-state index in [4.69, 9.17) is 23.2 Å². The third-order valence-electron chi connectivity index (χ3n) is 3.40. The molecule has 0 amide bonds. The first-order valence-electron chi connectivity index (χ1n) is 7.28. The van der Waals surface area contributed by atoms with Crippen LogP contribution in [-0.2, 0) is 0 Å². The minimum atomic E-state index is 0.384. The molecule has 3 aromatic rings. The molecule has 0 fully saturated rings. The van der Waals surface area contributed by atoms with Crippen LogP contribution in [0.3, 0.4) is 0 Å². The Balaban J connectivity index is 1.84. The van der Waals surface area contributed by atoms with Gasteiger partial charge in [0.2, 0.25) is 5.95 Å². The molecule has 0 radical (unpaired) electrons. The summed E-state index contributed by atoms with van der Waals surface area (Å²) >= 11 is 12.3. The van der Waals surface area contributed by atoms with Gasteiger partial charge in [-0.2, -0.15) is 10.1 Å². The summed E-state index contributed by atoms with van der Waals surface area (Å²) in [7, 11) is 0. The first kappa shape index (κ1) is 16.5. The van der Waals surface area contributed by atoms with E-state index in [9.17, 15) is 0 Å². The molecule has 0 saturated carbocycles. The van der Waals surface area contributed by atoms with Crippen molar-refractivity contribution in [1.29, 1.82) is 0 Å². The van der Waals surface area contributed by atoms with Gasteiger partial charge in [0.1, 0.15) is 0 Å². The van der Waals surface area contributed by atoms with Gasteiger partial charge < -0.3 is 10.6 Å². The number of hydrogen-bond donors (Lipinski definition) is 2. The highest BCUT2D eigenvalue weighted by molar-refractivity contribution is 6.39. The molecule has 1 aromatic heterocycles. The molecule has 0 aliphatic heterocycles. The number of rotatable bonds is 4. The highest BCUT2D eigenvalue weighted by Gasteiger charge is 2.08. The minimum Gasteiger partial charge on any atom is -0.336 e. The predicted octanol–water partition coefficient (Wildman–Crippen LogP) is 5.28. The third-order valence-corrected chi connectivity index (χ3v) is 4.03. The second-order valence-electron chi connectivity index (χ2n) is 5.33. The van der Waals surface area contributed by atoms with Crippen molar-refractivity contribution in [3.63, 3.8) is 0 Å². The number of benzene rings is 2. The highest BCUT2D eigenvalue weighted by Crippen LogP contribution is 2.32. The van der Waals surface area contributed by atoms with E-state index < -0.39 is 0 Å². The van der Waals surface area contributed by atoms with Crippen LogP contribution in [-0.4, -0.2) is 15.2 Å². The average molecular weight is 360 g/mol. The Morgan fingerprint density at radius 2 is 1.71 bits per heavy atom. The van der Waals surface area contributed by atoms with E-state index in [0.29, 0.717) is 27.5 Å². The normalized spacial score (nSPS) is 10.5. The van der Waals surface area contributed by atoms with E-state index in [1.54, 1.807) is 18.2 Å². The zero-order chi connectivity index (χ0) is 17.1.